The van der Waals surface area contributed by atoms with Gasteiger partial charge in [0, 0.05) is 0 Å². The van der Waals surface area contributed by atoms with E-state index in [4.69, 9.17) is 18.9 Å². The molecule has 34 heavy (non-hydrogen) atoms. The topological polar surface area (TPSA) is 94.5 Å². The van der Waals surface area contributed by atoms with E-state index in [-0.39, 0.29) is 19.8 Å². The molecule has 1 aliphatic rings. The minimum absolute atomic E-state index is 0.183. The molecular formula is C27H28O7. The van der Waals surface area contributed by atoms with E-state index >= 15 is 0 Å². The summed E-state index contributed by atoms with van der Waals surface area (Å²) in [5, 5.41) is 21.6. The number of aliphatic hydroxyl groups excluding tert-OH is 2. The summed E-state index contributed by atoms with van der Waals surface area (Å²) >= 11 is 0. The molecule has 0 aliphatic carbocycles. The average molecular weight is 465 g/mol. The van der Waals surface area contributed by atoms with Crippen molar-refractivity contribution in [2.24, 2.45) is 0 Å². The van der Waals surface area contributed by atoms with Gasteiger partial charge in [0.2, 0.25) is 0 Å². The van der Waals surface area contributed by atoms with Gasteiger partial charge in [0.15, 0.2) is 6.29 Å². The molecule has 0 spiro atoms. The van der Waals surface area contributed by atoms with Crippen LogP contribution in [-0.4, -0.2) is 53.5 Å². The van der Waals surface area contributed by atoms with Crippen molar-refractivity contribution in [3.05, 3.63) is 108 Å². The van der Waals surface area contributed by atoms with Gasteiger partial charge < -0.3 is 29.2 Å². The van der Waals surface area contributed by atoms with Gasteiger partial charge in [-0.3, -0.25) is 0 Å². The molecule has 1 fully saturated rings. The number of hydrogen-bond donors (Lipinski definition) is 2. The Morgan fingerprint density at radius 1 is 0.735 bits per heavy atom. The highest BCUT2D eigenvalue weighted by Gasteiger charge is 2.46. The number of carbonyl (C=O) groups excluding carboxylic acids is 1. The third-order valence-electron chi connectivity index (χ3n) is 5.59. The highest BCUT2D eigenvalue weighted by atomic mass is 16.7. The number of carbonyl (C=O) groups is 1. The largest absolute Gasteiger partial charge is 0.459 e. The van der Waals surface area contributed by atoms with Gasteiger partial charge in [-0.05, 0) is 23.3 Å². The van der Waals surface area contributed by atoms with Gasteiger partial charge >= 0.3 is 5.97 Å². The Kier molecular flexibility index (Phi) is 8.41. The normalized spacial score (nSPS) is 24.5. The molecule has 0 aromatic heterocycles. The van der Waals surface area contributed by atoms with Crippen LogP contribution in [0.2, 0.25) is 0 Å². The molecule has 7 nitrogen and oxygen atoms in total. The van der Waals surface area contributed by atoms with E-state index in [2.05, 4.69) is 0 Å². The third-order valence-corrected chi connectivity index (χ3v) is 5.59. The predicted molar refractivity (Wildman–Crippen MR) is 124 cm³/mol. The van der Waals surface area contributed by atoms with E-state index in [1.54, 1.807) is 30.3 Å². The van der Waals surface area contributed by atoms with Crippen LogP contribution in [0.15, 0.2) is 91.0 Å². The van der Waals surface area contributed by atoms with Gasteiger partial charge in [-0.2, -0.15) is 0 Å². The molecule has 3 aromatic carbocycles. The maximum absolute atomic E-state index is 12.4. The third kappa shape index (κ3) is 6.28. The first kappa shape index (κ1) is 24.1. The van der Waals surface area contributed by atoms with Crippen LogP contribution in [0.1, 0.15) is 21.5 Å². The SMILES string of the molecule is O=C(OCC1O[C@H](O)C(OCc2ccccc2)C(O)[C@H]1OCc1ccccc1)c1ccccc1. The minimum Gasteiger partial charge on any atom is -0.459 e. The lowest BCUT2D eigenvalue weighted by atomic mass is 9.98. The second-order valence-electron chi connectivity index (χ2n) is 8.04. The first-order valence-corrected chi connectivity index (χ1v) is 11.2. The molecule has 2 N–H and O–H groups in total. The number of esters is 1. The number of hydrogen-bond acceptors (Lipinski definition) is 7. The first-order chi connectivity index (χ1) is 16.6. The van der Waals surface area contributed by atoms with Crippen molar-refractivity contribution in [3.8, 4) is 0 Å². The summed E-state index contributed by atoms with van der Waals surface area (Å²) in [6, 6.07) is 27.5. The monoisotopic (exact) mass is 464 g/mol. The van der Waals surface area contributed by atoms with Crippen molar-refractivity contribution < 1.29 is 34.0 Å². The molecule has 4 rings (SSSR count). The second kappa shape index (κ2) is 11.9. The van der Waals surface area contributed by atoms with Crippen LogP contribution in [0, 0.1) is 0 Å². The van der Waals surface area contributed by atoms with Crippen LogP contribution in [0.5, 0.6) is 0 Å². The zero-order valence-corrected chi connectivity index (χ0v) is 18.6. The Morgan fingerprint density at radius 2 is 1.24 bits per heavy atom. The van der Waals surface area contributed by atoms with E-state index in [1.165, 1.54) is 0 Å². The summed E-state index contributed by atoms with van der Waals surface area (Å²) in [5.74, 6) is -0.530. The number of aliphatic hydroxyl groups is 2. The summed E-state index contributed by atoms with van der Waals surface area (Å²) < 4.78 is 22.9. The van der Waals surface area contributed by atoms with Gasteiger partial charge in [-0.15, -0.1) is 0 Å². The van der Waals surface area contributed by atoms with Crippen molar-refractivity contribution in [2.45, 2.75) is 43.9 Å². The van der Waals surface area contributed by atoms with Gasteiger partial charge in [0.05, 0.1) is 18.8 Å². The summed E-state index contributed by atoms with van der Waals surface area (Å²) in [7, 11) is 0. The Balaban J connectivity index is 1.44. The number of benzene rings is 3. The zero-order chi connectivity index (χ0) is 23.8. The lowest BCUT2D eigenvalue weighted by molar-refractivity contribution is -0.306. The Hall–Kier alpha value is -3.07. The second-order valence-corrected chi connectivity index (χ2v) is 8.04. The van der Waals surface area contributed by atoms with E-state index in [1.807, 2.05) is 60.7 Å². The van der Waals surface area contributed by atoms with Crippen LogP contribution in [0.3, 0.4) is 0 Å². The fourth-order valence-corrected chi connectivity index (χ4v) is 3.78. The first-order valence-electron chi connectivity index (χ1n) is 11.2. The zero-order valence-electron chi connectivity index (χ0n) is 18.6. The molecule has 0 radical (unpaired) electrons. The molecule has 0 amide bonds. The van der Waals surface area contributed by atoms with Crippen LogP contribution < -0.4 is 0 Å². The molecule has 5 atom stereocenters. The maximum Gasteiger partial charge on any atom is 0.338 e. The highest BCUT2D eigenvalue weighted by Crippen LogP contribution is 2.27. The fraction of sp³-hybridized carbons (Fsp3) is 0.296. The van der Waals surface area contributed by atoms with Crippen molar-refractivity contribution in [1.82, 2.24) is 0 Å². The maximum atomic E-state index is 12.4. The quantitative estimate of drug-likeness (QED) is 0.470. The van der Waals surface area contributed by atoms with Gasteiger partial charge in [-0.1, -0.05) is 78.9 Å². The lowest BCUT2D eigenvalue weighted by Crippen LogP contribution is -2.60. The van der Waals surface area contributed by atoms with Crippen molar-refractivity contribution in [1.29, 1.82) is 0 Å². The van der Waals surface area contributed by atoms with Gasteiger partial charge in [0.1, 0.15) is 31.0 Å². The Labute approximate surface area is 198 Å². The fourth-order valence-electron chi connectivity index (χ4n) is 3.78. The molecular weight excluding hydrogens is 436 g/mol. The van der Waals surface area contributed by atoms with E-state index < -0.39 is 36.7 Å². The molecule has 1 heterocycles. The van der Waals surface area contributed by atoms with Crippen LogP contribution in [-0.2, 0) is 32.2 Å². The summed E-state index contributed by atoms with van der Waals surface area (Å²) in [4.78, 5) is 12.4. The molecule has 7 heteroatoms. The van der Waals surface area contributed by atoms with Crippen LogP contribution in [0.4, 0.5) is 0 Å². The average Bonchev–Trinajstić information content (AvgIpc) is 2.88. The van der Waals surface area contributed by atoms with Crippen LogP contribution in [0.25, 0.3) is 0 Å². The molecule has 1 aliphatic heterocycles. The van der Waals surface area contributed by atoms with Gasteiger partial charge in [0.25, 0.3) is 0 Å². The van der Waals surface area contributed by atoms with Crippen molar-refractivity contribution in [2.75, 3.05) is 6.61 Å². The predicted octanol–water partition coefficient (Wildman–Crippen LogP) is 3.09. The molecule has 0 bridgehead atoms. The lowest BCUT2D eigenvalue weighted by Gasteiger charge is -2.42. The molecule has 178 valence electrons. The highest BCUT2D eigenvalue weighted by molar-refractivity contribution is 5.89. The molecule has 3 aromatic rings. The molecule has 1 saturated heterocycles. The molecule has 3 unspecified atom stereocenters. The minimum atomic E-state index is -1.42. The summed E-state index contributed by atoms with van der Waals surface area (Å²) in [5.41, 5.74) is 2.19. The van der Waals surface area contributed by atoms with Crippen molar-refractivity contribution in [3.63, 3.8) is 0 Å². The summed E-state index contributed by atoms with van der Waals surface area (Å²) in [6.45, 7) is 0.186. The number of rotatable bonds is 9. The van der Waals surface area contributed by atoms with E-state index in [9.17, 15) is 15.0 Å². The van der Waals surface area contributed by atoms with Gasteiger partial charge in [-0.25, -0.2) is 4.79 Å². The van der Waals surface area contributed by atoms with Crippen LogP contribution >= 0.6 is 0 Å². The van der Waals surface area contributed by atoms with E-state index in [0.29, 0.717) is 5.56 Å². The molecule has 0 saturated carbocycles. The smallest absolute Gasteiger partial charge is 0.338 e. The summed E-state index contributed by atoms with van der Waals surface area (Å²) in [6.07, 6.45) is -5.46. The Bertz CT molecular complexity index is 1010. The number of ether oxygens (including phenoxy) is 4. The standard InChI is InChI=1S/C27H28O7/c28-23-24(31-16-19-10-4-1-5-11-19)22(18-33-26(29)21-14-8-3-9-15-21)34-27(30)25(23)32-17-20-12-6-2-7-13-20/h1-15,22-25,27-28,30H,16-18H2/t22?,23?,24-,25?,27-/m0/s1. The van der Waals surface area contributed by atoms with E-state index in [0.717, 1.165) is 11.1 Å². The Morgan fingerprint density at radius 3 is 1.79 bits per heavy atom. The van der Waals surface area contributed by atoms with Crippen molar-refractivity contribution >= 4 is 5.97 Å².